The number of halogens is 1. The molecule has 128 valence electrons. The van der Waals surface area contributed by atoms with Gasteiger partial charge in [-0.2, -0.15) is 5.10 Å². The number of nitrogens with one attached hydrogen (secondary N) is 1. The van der Waals surface area contributed by atoms with Crippen LogP contribution in [-0.2, 0) is 0 Å². The molecule has 0 amide bonds. The van der Waals surface area contributed by atoms with Crippen LogP contribution in [0.5, 0.6) is 0 Å². The van der Waals surface area contributed by atoms with Gasteiger partial charge in [-0.15, -0.1) is 0 Å². The standard InChI is InChI=1S/C22H18BrN3/c1-16-12-13-20(19(23)14-16)24-22-15-21(17-8-4-2-5-9-17)25-26(22)18-10-6-3-7-11-18/h2-15,24H,1H3. The van der Waals surface area contributed by atoms with E-state index in [-0.39, 0.29) is 0 Å². The van der Waals surface area contributed by atoms with E-state index in [1.165, 1.54) is 5.56 Å². The maximum absolute atomic E-state index is 4.83. The van der Waals surface area contributed by atoms with Crippen molar-refractivity contribution in [3.05, 3.63) is 95.0 Å². The van der Waals surface area contributed by atoms with E-state index in [0.29, 0.717) is 0 Å². The van der Waals surface area contributed by atoms with Gasteiger partial charge in [0.05, 0.1) is 17.1 Å². The summed E-state index contributed by atoms with van der Waals surface area (Å²) in [6.45, 7) is 2.08. The Bertz CT molecular complexity index is 1020. The molecule has 1 heterocycles. The highest BCUT2D eigenvalue weighted by Crippen LogP contribution is 2.30. The molecule has 26 heavy (non-hydrogen) atoms. The SMILES string of the molecule is Cc1ccc(Nc2cc(-c3ccccc3)nn2-c2ccccc2)c(Br)c1. The smallest absolute Gasteiger partial charge is 0.134 e. The first kappa shape index (κ1) is 16.6. The summed E-state index contributed by atoms with van der Waals surface area (Å²) in [5.41, 5.74) is 5.25. The third-order valence-electron chi connectivity index (χ3n) is 4.17. The lowest BCUT2D eigenvalue weighted by molar-refractivity contribution is 0.892. The van der Waals surface area contributed by atoms with Crippen molar-refractivity contribution in [3.8, 4) is 16.9 Å². The summed E-state index contributed by atoms with van der Waals surface area (Å²) in [6.07, 6.45) is 0. The highest BCUT2D eigenvalue weighted by molar-refractivity contribution is 9.10. The average Bonchev–Trinajstić information content (AvgIpc) is 3.09. The van der Waals surface area contributed by atoms with E-state index in [1.807, 2.05) is 41.1 Å². The molecule has 0 atom stereocenters. The van der Waals surface area contributed by atoms with Gasteiger partial charge >= 0.3 is 0 Å². The molecule has 0 saturated heterocycles. The molecule has 0 unspecified atom stereocenters. The van der Waals surface area contributed by atoms with E-state index in [9.17, 15) is 0 Å². The van der Waals surface area contributed by atoms with E-state index >= 15 is 0 Å². The van der Waals surface area contributed by atoms with Gasteiger partial charge in [0.15, 0.2) is 0 Å². The molecule has 0 bridgehead atoms. The van der Waals surface area contributed by atoms with Crippen molar-refractivity contribution >= 4 is 27.4 Å². The molecule has 4 rings (SSSR count). The zero-order valence-electron chi connectivity index (χ0n) is 14.4. The maximum atomic E-state index is 4.83. The minimum atomic E-state index is 0.916. The van der Waals surface area contributed by atoms with Gasteiger partial charge in [0.25, 0.3) is 0 Å². The minimum absolute atomic E-state index is 0.916. The van der Waals surface area contributed by atoms with Crippen LogP contribution in [-0.4, -0.2) is 9.78 Å². The van der Waals surface area contributed by atoms with Crippen LogP contribution in [0.15, 0.2) is 89.4 Å². The highest BCUT2D eigenvalue weighted by atomic mass is 79.9. The van der Waals surface area contributed by atoms with Crippen molar-refractivity contribution in [2.45, 2.75) is 6.92 Å². The van der Waals surface area contributed by atoms with Crippen molar-refractivity contribution in [1.82, 2.24) is 9.78 Å². The van der Waals surface area contributed by atoms with E-state index < -0.39 is 0 Å². The van der Waals surface area contributed by atoms with Gasteiger partial charge in [-0.3, -0.25) is 0 Å². The molecular formula is C22H18BrN3. The number of anilines is 2. The van der Waals surface area contributed by atoms with Crippen LogP contribution in [0.25, 0.3) is 16.9 Å². The third kappa shape index (κ3) is 3.41. The zero-order chi connectivity index (χ0) is 17.9. The molecule has 3 aromatic carbocycles. The number of hydrogen-bond acceptors (Lipinski definition) is 2. The van der Waals surface area contributed by atoms with Gasteiger partial charge in [-0.05, 0) is 52.7 Å². The van der Waals surface area contributed by atoms with Crippen LogP contribution in [0.1, 0.15) is 5.56 Å². The Kier molecular flexibility index (Phi) is 4.59. The predicted octanol–water partition coefficient (Wildman–Crippen LogP) is 6.35. The second-order valence-electron chi connectivity index (χ2n) is 6.14. The van der Waals surface area contributed by atoms with Crippen molar-refractivity contribution in [2.24, 2.45) is 0 Å². The second kappa shape index (κ2) is 7.18. The summed E-state index contributed by atoms with van der Waals surface area (Å²) in [6, 6.07) is 28.7. The Labute approximate surface area is 161 Å². The largest absolute Gasteiger partial charge is 0.339 e. The number of nitrogens with zero attached hydrogens (tertiary/aromatic N) is 2. The Hall–Kier alpha value is -2.85. The van der Waals surface area contributed by atoms with E-state index in [4.69, 9.17) is 5.10 Å². The molecular weight excluding hydrogens is 386 g/mol. The fourth-order valence-electron chi connectivity index (χ4n) is 2.85. The lowest BCUT2D eigenvalue weighted by atomic mass is 10.1. The van der Waals surface area contributed by atoms with Crippen molar-refractivity contribution in [2.75, 3.05) is 5.32 Å². The Morgan fingerprint density at radius 3 is 2.23 bits per heavy atom. The highest BCUT2D eigenvalue weighted by Gasteiger charge is 2.12. The lowest BCUT2D eigenvalue weighted by Crippen LogP contribution is -2.02. The van der Waals surface area contributed by atoms with Gasteiger partial charge in [0, 0.05) is 16.1 Å². The van der Waals surface area contributed by atoms with Crippen molar-refractivity contribution in [1.29, 1.82) is 0 Å². The number of benzene rings is 3. The number of aromatic nitrogens is 2. The van der Waals surface area contributed by atoms with E-state index in [0.717, 1.165) is 32.9 Å². The Morgan fingerprint density at radius 1 is 0.846 bits per heavy atom. The van der Waals surface area contributed by atoms with Crippen LogP contribution in [0.2, 0.25) is 0 Å². The summed E-state index contributed by atoms with van der Waals surface area (Å²) in [4.78, 5) is 0. The van der Waals surface area contributed by atoms with Crippen molar-refractivity contribution in [3.63, 3.8) is 0 Å². The summed E-state index contributed by atoms with van der Waals surface area (Å²) in [5.74, 6) is 0.916. The number of rotatable bonds is 4. The fraction of sp³-hybridized carbons (Fsp3) is 0.0455. The summed E-state index contributed by atoms with van der Waals surface area (Å²) < 4.78 is 2.97. The first-order chi connectivity index (χ1) is 12.7. The van der Waals surface area contributed by atoms with Crippen LogP contribution in [0.4, 0.5) is 11.5 Å². The zero-order valence-corrected chi connectivity index (χ0v) is 15.9. The van der Waals surface area contributed by atoms with Crippen molar-refractivity contribution < 1.29 is 0 Å². The van der Waals surface area contributed by atoms with Gasteiger partial charge < -0.3 is 5.32 Å². The molecule has 1 N–H and O–H groups in total. The first-order valence-electron chi connectivity index (χ1n) is 8.45. The Balaban J connectivity index is 1.80. The topological polar surface area (TPSA) is 29.9 Å². The van der Waals surface area contributed by atoms with Crippen LogP contribution in [0.3, 0.4) is 0 Å². The summed E-state index contributed by atoms with van der Waals surface area (Å²) >= 11 is 3.64. The lowest BCUT2D eigenvalue weighted by Gasteiger charge is -2.11. The normalized spacial score (nSPS) is 10.7. The van der Waals surface area contributed by atoms with Gasteiger partial charge in [0.2, 0.25) is 0 Å². The van der Waals surface area contributed by atoms with E-state index in [1.54, 1.807) is 0 Å². The molecule has 3 nitrogen and oxygen atoms in total. The molecule has 0 fully saturated rings. The molecule has 1 aromatic heterocycles. The molecule has 0 saturated carbocycles. The summed E-state index contributed by atoms with van der Waals surface area (Å²) in [5, 5.41) is 8.34. The molecule has 0 radical (unpaired) electrons. The summed E-state index contributed by atoms with van der Waals surface area (Å²) in [7, 11) is 0. The van der Waals surface area contributed by atoms with Crippen LogP contribution >= 0.6 is 15.9 Å². The Morgan fingerprint density at radius 2 is 1.54 bits per heavy atom. The first-order valence-corrected chi connectivity index (χ1v) is 9.24. The van der Waals surface area contributed by atoms with Gasteiger partial charge in [-0.1, -0.05) is 54.6 Å². The monoisotopic (exact) mass is 403 g/mol. The fourth-order valence-corrected chi connectivity index (χ4v) is 3.44. The molecule has 0 aliphatic carbocycles. The van der Waals surface area contributed by atoms with Gasteiger partial charge in [-0.25, -0.2) is 4.68 Å². The molecule has 0 aliphatic rings. The maximum Gasteiger partial charge on any atom is 0.134 e. The molecule has 4 aromatic rings. The number of aryl methyl sites for hydroxylation is 1. The van der Waals surface area contributed by atoms with Gasteiger partial charge in [0.1, 0.15) is 5.82 Å². The third-order valence-corrected chi connectivity index (χ3v) is 4.82. The molecule has 4 heteroatoms. The number of para-hydroxylation sites is 1. The number of hydrogen-bond donors (Lipinski definition) is 1. The predicted molar refractivity (Wildman–Crippen MR) is 111 cm³/mol. The molecule has 0 spiro atoms. The quantitative estimate of drug-likeness (QED) is 0.429. The van der Waals surface area contributed by atoms with E-state index in [2.05, 4.69) is 76.7 Å². The van der Waals surface area contributed by atoms with Crippen LogP contribution < -0.4 is 5.32 Å². The molecule has 0 aliphatic heterocycles. The minimum Gasteiger partial charge on any atom is -0.339 e. The average molecular weight is 404 g/mol. The van der Waals surface area contributed by atoms with Crippen LogP contribution in [0, 0.1) is 6.92 Å². The second-order valence-corrected chi connectivity index (χ2v) is 6.99.